The van der Waals surface area contributed by atoms with Crippen molar-refractivity contribution in [1.82, 2.24) is 15.1 Å². The Morgan fingerprint density at radius 2 is 2.31 bits per heavy atom. The molecule has 0 bridgehead atoms. The summed E-state index contributed by atoms with van der Waals surface area (Å²) in [4.78, 5) is 20.7. The van der Waals surface area contributed by atoms with Gasteiger partial charge in [0.25, 0.3) is 0 Å². The Hall–Kier alpha value is -3.36. The zero-order valence-corrected chi connectivity index (χ0v) is 13.9. The van der Waals surface area contributed by atoms with Crippen LogP contribution in [0.1, 0.15) is 5.69 Å². The lowest BCUT2D eigenvalue weighted by Crippen LogP contribution is -2.27. The molecule has 1 saturated heterocycles. The molecule has 1 amide bonds. The summed E-state index contributed by atoms with van der Waals surface area (Å²) in [5.41, 5.74) is 1.55. The van der Waals surface area contributed by atoms with E-state index in [-0.39, 0.29) is 6.10 Å². The quantitative estimate of drug-likeness (QED) is 0.729. The van der Waals surface area contributed by atoms with E-state index in [0.717, 1.165) is 5.69 Å². The van der Waals surface area contributed by atoms with Crippen LogP contribution < -0.4 is 10.2 Å². The third-order valence-electron chi connectivity index (χ3n) is 4.05. The number of cyclic esters (lactones) is 1. The lowest BCUT2D eigenvalue weighted by molar-refractivity contribution is 0.147. The standard InChI is InChI=1S/C17H16FN5O3/c1-10-7-20-16(21-10)13-3-2-11(6-14(13)18)23-9-12(26-17(23)24)8-19-15-4-5-25-22-15/h2-7,12H,8-9H2,1H3,(H,19,22)(H,20,21)/t12-/m0/s1. The lowest BCUT2D eigenvalue weighted by Gasteiger charge is -2.14. The zero-order valence-electron chi connectivity index (χ0n) is 13.9. The van der Waals surface area contributed by atoms with Crippen LogP contribution in [0.4, 0.5) is 20.7 Å². The average molecular weight is 357 g/mol. The highest BCUT2D eigenvalue weighted by molar-refractivity contribution is 5.90. The molecule has 1 aromatic carbocycles. The molecule has 1 atom stereocenters. The van der Waals surface area contributed by atoms with Gasteiger partial charge in [0, 0.05) is 12.3 Å². The van der Waals surface area contributed by atoms with E-state index < -0.39 is 11.9 Å². The fourth-order valence-electron chi connectivity index (χ4n) is 2.78. The molecule has 8 nitrogen and oxygen atoms in total. The molecule has 134 valence electrons. The van der Waals surface area contributed by atoms with Crippen LogP contribution in [0.25, 0.3) is 11.4 Å². The van der Waals surface area contributed by atoms with E-state index in [9.17, 15) is 9.18 Å². The van der Waals surface area contributed by atoms with Crippen LogP contribution in [0, 0.1) is 12.7 Å². The minimum absolute atomic E-state index is 0.308. The van der Waals surface area contributed by atoms with E-state index in [2.05, 4.69) is 20.4 Å². The summed E-state index contributed by atoms with van der Waals surface area (Å²) in [5.74, 6) is 0.544. The van der Waals surface area contributed by atoms with Crippen LogP contribution in [0.5, 0.6) is 0 Å². The summed E-state index contributed by atoms with van der Waals surface area (Å²) in [6, 6.07) is 6.24. The maximum atomic E-state index is 14.5. The normalized spacial score (nSPS) is 16.8. The molecule has 4 rings (SSSR count). The van der Waals surface area contributed by atoms with E-state index >= 15 is 0 Å². The number of carbonyl (C=O) groups is 1. The molecule has 9 heteroatoms. The number of benzene rings is 1. The highest BCUT2D eigenvalue weighted by Gasteiger charge is 2.32. The van der Waals surface area contributed by atoms with Gasteiger partial charge in [-0.25, -0.2) is 14.2 Å². The predicted molar refractivity (Wildman–Crippen MR) is 91.3 cm³/mol. The molecule has 2 N–H and O–H groups in total. The van der Waals surface area contributed by atoms with Gasteiger partial charge in [-0.3, -0.25) is 4.90 Å². The van der Waals surface area contributed by atoms with E-state index in [1.165, 1.54) is 17.2 Å². The predicted octanol–water partition coefficient (Wildman–Crippen LogP) is 2.95. The van der Waals surface area contributed by atoms with Crippen molar-refractivity contribution in [2.75, 3.05) is 23.3 Å². The van der Waals surface area contributed by atoms with Gasteiger partial charge in [-0.1, -0.05) is 5.16 Å². The van der Waals surface area contributed by atoms with Gasteiger partial charge in [0.1, 0.15) is 24.0 Å². The van der Waals surface area contributed by atoms with Crippen molar-refractivity contribution in [2.24, 2.45) is 0 Å². The molecule has 0 saturated carbocycles. The fraction of sp³-hybridized carbons (Fsp3) is 0.235. The fourth-order valence-corrected chi connectivity index (χ4v) is 2.78. The van der Waals surface area contributed by atoms with Crippen LogP contribution in [-0.2, 0) is 4.74 Å². The highest BCUT2D eigenvalue weighted by Crippen LogP contribution is 2.27. The van der Waals surface area contributed by atoms with Crippen molar-refractivity contribution in [1.29, 1.82) is 0 Å². The van der Waals surface area contributed by atoms with Gasteiger partial charge in [-0.05, 0) is 25.1 Å². The monoisotopic (exact) mass is 357 g/mol. The van der Waals surface area contributed by atoms with Gasteiger partial charge < -0.3 is 19.6 Å². The third-order valence-corrected chi connectivity index (χ3v) is 4.05. The number of anilines is 2. The number of nitrogens with one attached hydrogen (secondary N) is 2. The molecule has 2 aromatic heterocycles. The second-order valence-electron chi connectivity index (χ2n) is 5.94. The van der Waals surface area contributed by atoms with Crippen molar-refractivity contribution < 1.29 is 18.4 Å². The Kier molecular flexibility index (Phi) is 4.04. The number of aromatic nitrogens is 3. The number of carbonyl (C=O) groups excluding carboxylic acids is 1. The zero-order chi connectivity index (χ0) is 18.1. The third kappa shape index (κ3) is 3.10. The summed E-state index contributed by atoms with van der Waals surface area (Å²) in [6.45, 7) is 2.50. The molecule has 0 unspecified atom stereocenters. The van der Waals surface area contributed by atoms with E-state index in [4.69, 9.17) is 9.26 Å². The van der Waals surface area contributed by atoms with Crippen molar-refractivity contribution >= 4 is 17.6 Å². The number of aryl methyl sites for hydroxylation is 1. The summed E-state index contributed by atoms with van der Waals surface area (Å²) >= 11 is 0. The first-order valence-corrected chi connectivity index (χ1v) is 8.04. The number of hydrogen-bond acceptors (Lipinski definition) is 6. The summed E-state index contributed by atoms with van der Waals surface area (Å²) in [5, 5.41) is 6.73. The number of hydrogen-bond donors (Lipinski definition) is 2. The number of rotatable bonds is 5. The molecule has 1 aliphatic rings. The molecular formula is C17H16FN5O3. The number of imidazole rings is 1. The van der Waals surface area contributed by atoms with Crippen LogP contribution >= 0.6 is 0 Å². The molecule has 3 aromatic rings. The minimum atomic E-state index is -0.516. The van der Waals surface area contributed by atoms with E-state index in [1.54, 1.807) is 24.4 Å². The molecule has 1 fully saturated rings. The molecule has 0 aliphatic carbocycles. The SMILES string of the molecule is Cc1c[nH]c(-c2ccc(N3C[C@H](CNc4ccon4)OC3=O)cc2F)n1. The van der Waals surface area contributed by atoms with E-state index in [1.807, 2.05) is 6.92 Å². The number of ether oxygens (including phenoxy) is 1. The van der Waals surface area contributed by atoms with Crippen molar-refractivity contribution in [2.45, 2.75) is 13.0 Å². The molecule has 3 heterocycles. The van der Waals surface area contributed by atoms with Crippen LogP contribution in [0.3, 0.4) is 0 Å². The smallest absolute Gasteiger partial charge is 0.414 e. The number of amides is 1. The Balaban J connectivity index is 1.47. The van der Waals surface area contributed by atoms with Crippen molar-refractivity contribution in [3.63, 3.8) is 0 Å². The van der Waals surface area contributed by atoms with Crippen molar-refractivity contribution in [3.8, 4) is 11.4 Å². The first kappa shape index (κ1) is 16.1. The Morgan fingerprint density at radius 3 is 3.00 bits per heavy atom. The van der Waals surface area contributed by atoms with Crippen LogP contribution in [0.15, 0.2) is 41.2 Å². The molecule has 0 radical (unpaired) electrons. The number of nitrogens with zero attached hydrogens (tertiary/aromatic N) is 3. The maximum Gasteiger partial charge on any atom is 0.414 e. The second kappa shape index (κ2) is 6.51. The lowest BCUT2D eigenvalue weighted by atomic mass is 10.1. The number of halogens is 1. The maximum absolute atomic E-state index is 14.5. The number of aromatic amines is 1. The number of H-pyrrole nitrogens is 1. The summed E-state index contributed by atoms with van der Waals surface area (Å²) < 4.78 is 24.5. The summed E-state index contributed by atoms with van der Waals surface area (Å²) in [7, 11) is 0. The molecule has 26 heavy (non-hydrogen) atoms. The first-order chi connectivity index (χ1) is 12.6. The average Bonchev–Trinajstić information content (AvgIpc) is 3.34. The van der Waals surface area contributed by atoms with Crippen LogP contribution in [0.2, 0.25) is 0 Å². The first-order valence-electron chi connectivity index (χ1n) is 8.04. The Morgan fingerprint density at radius 1 is 1.42 bits per heavy atom. The van der Waals surface area contributed by atoms with Gasteiger partial charge in [0.2, 0.25) is 0 Å². The molecular weight excluding hydrogens is 341 g/mol. The van der Waals surface area contributed by atoms with Crippen molar-refractivity contribution in [3.05, 3.63) is 48.2 Å². The Bertz CT molecular complexity index is 924. The molecule has 1 aliphatic heterocycles. The second-order valence-corrected chi connectivity index (χ2v) is 5.94. The molecule has 0 spiro atoms. The Labute approximate surface area is 148 Å². The largest absolute Gasteiger partial charge is 0.442 e. The van der Waals surface area contributed by atoms with Gasteiger partial charge in [-0.2, -0.15) is 0 Å². The topological polar surface area (TPSA) is 96.3 Å². The van der Waals surface area contributed by atoms with Gasteiger partial charge >= 0.3 is 6.09 Å². The van der Waals surface area contributed by atoms with Gasteiger partial charge in [0.15, 0.2) is 5.82 Å². The van der Waals surface area contributed by atoms with E-state index in [0.29, 0.717) is 36.0 Å². The highest BCUT2D eigenvalue weighted by atomic mass is 19.1. The summed E-state index contributed by atoms with van der Waals surface area (Å²) in [6.07, 6.45) is 2.25. The van der Waals surface area contributed by atoms with Gasteiger partial charge in [0.05, 0.1) is 30.0 Å². The minimum Gasteiger partial charge on any atom is -0.442 e. The van der Waals surface area contributed by atoms with Crippen LogP contribution in [-0.4, -0.2) is 40.4 Å². The van der Waals surface area contributed by atoms with Gasteiger partial charge in [-0.15, -0.1) is 0 Å².